The lowest BCUT2D eigenvalue weighted by Gasteiger charge is -2.25. The van der Waals surface area contributed by atoms with Gasteiger partial charge >= 0.3 is 5.97 Å². The summed E-state index contributed by atoms with van der Waals surface area (Å²) >= 11 is 1.52. The number of fused-ring (bicyclic) bond motifs is 3. The minimum atomic E-state index is -1.11. The Morgan fingerprint density at radius 3 is 2.55 bits per heavy atom. The zero-order valence-electron chi connectivity index (χ0n) is 16.5. The Morgan fingerprint density at radius 2 is 1.90 bits per heavy atom. The van der Waals surface area contributed by atoms with E-state index in [0.717, 1.165) is 5.56 Å². The van der Waals surface area contributed by atoms with Gasteiger partial charge in [0, 0.05) is 11.3 Å². The van der Waals surface area contributed by atoms with Gasteiger partial charge in [0.2, 0.25) is 11.8 Å². The lowest BCUT2D eigenvalue weighted by Crippen LogP contribution is -2.54. The van der Waals surface area contributed by atoms with Gasteiger partial charge in [-0.15, -0.1) is 11.8 Å². The number of carbonyl (C=O) groups is 4. The third kappa shape index (κ3) is 4.24. The fourth-order valence-electron chi connectivity index (χ4n) is 3.61. The molecule has 0 spiro atoms. The standard InChI is InChI=1S/C20H25N3O5S/c1-10(2)8-14(20(27)28)22-16(24)11(3)21-17(25)15-9-29-19-13-7-5-4-6-12(13)18(26)23(15)19/h4-7,10-11,14-15,19H,8-9H2,1-3H3,(H,21,25)(H,22,24)(H,27,28). The van der Waals surface area contributed by atoms with Crippen LogP contribution in [-0.4, -0.2) is 57.6 Å². The molecule has 4 unspecified atom stereocenters. The van der Waals surface area contributed by atoms with Crippen molar-refractivity contribution in [1.82, 2.24) is 15.5 Å². The Balaban J connectivity index is 1.63. The maximum atomic E-state index is 12.8. The summed E-state index contributed by atoms with van der Waals surface area (Å²) in [6, 6.07) is 4.70. The van der Waals surface area contributed by atoms with Crippen molar-refractivity contribution in [3.05, 3.63) is 35.4 Å². The van der Waals surface area contributed by atoms with Crippen LogP contribution in [0.15, 0.2) is 24.3 Å². The van der Waals surface area contributed by atoms with E-state index in [9.17, 15) is 24.3 Å². The highest BCUT2D eigenvalue weighted by atomic mass is 32.2. The van der Waals surface area contributed by atoms with Crippen molar-refractivity contribution in [3.8, 4) is 0 Å². The summed E-state index contributed by atoms with van der Waals surface area (Å²) < 4.78 is 0. The number of nitrogens with one attached hydrogen (secondary N) is 2. The highest BCUT2D eigenvalue weighted by molar-refractivity contribution is 7.99. The predicted octanol–water partition coefficient (Wildman–Crippen LogP) is 1.38. The summed E-state index contributed by atoms with van der Waals surface area (Å²) in [5, 5.41) is 14.2. The average molecular weight is 420 g/mol. The molecule has 0 aromatic heterocycles. The molecule has 0 aliphatic carbocycles. The minimum absolute atomic E-state index is 0.0940. The normalized spacial score (nSPS) is 22.1. The van der Waals surface area contributed by atoms with Gasteiger partial charge in [0.05, 0.1) is 0 Å². The molecule has 1 fully saturated rings. The molecule has 1 saturated heterocycles. The second-order valence-electron chi connectivity index (χ2n) is 7.76. The van der Waals surface area contributed by atoms with Crippen LogP contribution in [0.1, 0.15) is 48.5 Å². The van der Waals surface area contributed by atoms with Crippen molar-refractivity contribution in [2.75, 3.05) is 5.75 Å². The molecule has 3 N–H and O–H groups in total. The fourth-order valence-corrected chi connectivity index (χ4v) is 5.07. The molecule has 3 rings (SSSR count). The van der Waals surface area contributed by atoms with Gasteiger partial charge in [0.1, 0.15) is 23.5 Å². The molecule has 0 saturated carbocycles. The first-order chi connectivity index (χ1) is 13.7. The van der Waals surface area contributed by atoms with E-state index in [1.165, 1.54) is 18.7 Å². The molecule has 156 valence electrons. The molecule has 1 aromatic carbocycles. The summed E-state index contributed by atoms with van der Waals surface area (Å²) in [5.74, 6) is -1.74. The van der Waals surface area contributed by atoms with E-state index in [-0.39, 0.29) is 17.2 Å². The Hall–Kier alpha value is -2.55. The van der Waals surface area contributed by atoms with E-state index < -0.39 is 35.9 Å². The Bertz CT molecular complexity index is 843. The molecule has 2 heterocycles. The number of thioether (sulfide) groups is 1. The lowest BCUT2D eigenvalue weighted by molar-refractivity contribution is -0.142. The number of rotatable bonds is 7. The third-order valence-electron chi connectivity index (χ3n) is 5.07. The van der Waals surface area contributed by atoms with Crippen molar-refractivity contribution in [3.63, 3.8) is 0 Å². The Morgan fingerprint density at radius 1 is 1.21 bits per heavy atom. The molecule has 8 nitrogen and oxygen atoms in total. The first-order valence-electron chi connectivity index (χ1n) is 9.57. The fraction of sp³-hybridized carbons (Fsp3) is 0.500. The second kappa shape index (κ2) is 8.44. The second-order valence-corrected chi connectivity index (χ2v) is 8.87. The van der Waals surface area contributed by atoms with Gasteiger partial charge in [-0.25, -0.2) is 4.79 Å². The first kappa shape index (κ1) is 21.2. The van der Waals surface area contributed by atoms with Gasteiger partial charge in [-0.2, -0.15) is 0 Å². The number of hydrogen-bond donors (Lipinski definition) is 3. The monoisotopic (exact) mass is 419 g/mol. The van der Waals surface area contributed by atoms with Gasteiger partial charge in [-0.05, 0) is 30.9 Å². The number of carboxylic acids is 1. The van der Waals surface area contributed by atoms with Crippen LogP contribution in [0.25, 0.3) is 0 Å². The number of carboxylic acid groups (broad SMARTS) is 1. The quantitative estimate of drug-likeness (QED) is 0.615. The molecule has 3 amide bonds. The van der Waals surface area contributed by atoms with Crippen LogP contribution in [0.4, 0.5) is 0 Å². The number of nitrogens with zero attached hydrogens (tertiary/aromatic N) is 1. The van der Waals surface area contributed by atoms with Crippen LogP contribution >= 0.6 is 11.8 Å². The molecule has 4 atom stereocenters. The van der Waals surface area contributed by atoms with Crippen LogP contribution < -0.4 is 10.6 Å². The summed E-state index contributed by atoms with van der Waals surface area (Å²) in [6.07, 6.45) is 0.295. The summed E-state index contributed by atoms with van der Waals surface area (Å²) in [5.41, 5.74) is 1.51. The van der Waals surface area contributed by atoms with E-state index >= 15 is 0 Å². The van der Waals surface area contributed by atoms with Gasteiger partial charge in [-0.3, -0.25) is 14.4 Å². The number of aliphatic carboxylic acids is 1. The predicted molar refractivity (Wildman–Crippen MR) is 108 cm³/mol. The van der Waals surface area contributed by atoms with Crippen LogP contribution in [-0.2, 0) is 14.4 Å². The largest absolute Gasteiger partial charge is 0.480 e. The van der Waals surface area contributed by atoms with Crippen molar-refractivity contribution in [1.29, 1.82) is 0 Å². The number of amides is 3. The van der Waals surface area contributed by atoms with Gasteiger partial charge < -0.3 is 20.6 Å². The van der Waals surface area contributed by atoms with E-state index in [2.05, 4.69) is 10.6 Å². The number of hydrogen-bond acceptors (Lipinski definition) is 5. The number of carbonyl (C=O) groups excluding carboxylic acids is 3. The molecule has 1 aromatic rings. The van der Waals surface area contributed by atoms with Gasteiger partial charge in [0.25, 0.3) is 5.91 Å². The maximum absolute atomic E-state index is 12.8. The zero-order valence-corrected chi connectivity index (χ0v) is 17.4. The summed E-state index contributed by atoms with van der Waals surface area (Å²) in [4.78, 5) is 50.8. The lowest BCUT2D eigenvalue weighted by atomic mass is 10.0. The average Bonchev–Trinajstić information content (AvgIpc) is 3.21. The van der Waals surface area contributed by atoms with Crippen LogP contribution in [0.5, 0.6) is 0 Å². The van der Waals surface area contributed by atoms with Crippen molar-refractivity contribution < 1.29 is 24.3 Å². The highest BCUT2D eigenvalue weighted by Gasteiger charge is 2.48. The first-order valence-corrected chi connectivity index (χ1v) is 10.6. The molecule has 9 heteroatoms. The van der Waals surface area contributed by atoms with Crippen LogP contribution in [0.2, 0.25) is 0 Å². The Labute approximate surface area is 173 Å². The summed E-state index contributed by atoms with van der Waals surface area (Å²) in [7, 11) is 0. The molecular formula is C20H25N3O5S. The zero-order chi connectivity index (χ0) is 21.3. The SMILES string of the molecule is CC(C)CC(NC(=O)C(C)NC(=O)C1CSC2c3ccccc3C(=O)N12)C(=O)O. The summed E-state index contributed by atoms with van der Waals surface area (Å²) in [6.45, 7) is 5.24. The van der Waals surface area contributed by atoms with E-state index in [4.69, 9.17) is 0 Å². The topological polar surface area (TPSA) is 116 Å². The van der Waals surface area contributed by atoms with E-state index in [1.54, 1.807) is 17.0 Å². The molecule has 0 radical (unpaired) electrons. The third-order valence-corrected chi connectivity index (χ3v) is 6.37. The maximum Gasteiger partial charge on any atom is 0.326 e. The minimum Gasteiger partial charge on any atom is -0.480 e. The molecule has 2 aliphatic rings. The van der Waals surface area contributed by atoms with E-state index in [0.29, 0.717) is 17.7 Å². The van der Waals surface area contributed by atoms with Crippen molar-refractivity contribution in [2.24, 2.45) is 5.92 Å². The van der Waals surface area contributed by atoms with Gasteiger partial charge in [0.15, 0.2) is 0 Å². The highest BCUT2D eigenvalue weighted by Crippen LogP contribution is 2.48. The van der Waals surface area contributed by atoms with E-state index in [1.807, 2.05) is 26.0 Å². The van der Waals surface area contributed by atoms with Crippen LogP contribution in [0.3, 0.4) is 0 Å². The van der Waals surface area contributed by atoms with Crippen molar-refractivity contribution in [2.45, 2.75) is 50.7 Å². The van der Waals surface area contributed by atoms with Crippen molar-refractivity contribution >= 4 is 35.5 Å². The molecule has 2 aliphatic heterocycles. The molecule has 0 bridgehead atoms. The Kier molecular flexibility index (Phi) is 6.16. The smallest absolute Gasteiger partial charge is 0.326 e. The number of benzene rings is 1. The van der Waals surface area contributed by atoms with Crippen LogP contribution in [0, 0.1) is 5.92 Å². The van der Waals surface area contributed by atoms with Gasteiger partial charge in [-0.1, -0.05) is 32.0 Å². The molecule has 29 heavy (non-hydrogen) atoms. The molecular weight excluding hydrogens is 394 g/mol.